The second kappa shape index (κ2) is 7.91. The Morgan fingerprint density at radius 3 is 2.45 bits per heavy atom. The summed E-state index contributed by atoms with van der Waals surface area (Å²) in [5.74, 6) is 0.271. The molecule has 1 aromatic rings. The molecule has 0 saturated carbocycles. The smallest absolute Gasteiger partial charge is 0.100 e. The Labute approximate surface area is 134 Å². The standard InChI is InChI=1S/C19H29NO2/c1-4-16(5-2)22-18-12-15(11-17(20)13(18)3)19(21)14-9-7-6-8-10-14/h6-10,12-13,16-19,21H,4-5,11,20H2,1-3H3/t13-,17+,18-,19?/m1/s1. The van der Waals surface area contributed by atoms with Crippen molar-refractivity contribution in [2.45, 2.75) is 64.4 Å². The zero-order chi connectivity index (χ0) is 16.1. The Morgan fingerprint density at radius 2 is 1.86 bits per heavy atom. The second-order valence-corrected chi connectivity index (χ2v) is 6.32. The SMILES string of the molecule is CCC(CC)O[C@@H]1C=C(C(O)c2ccccc2)C[C@H](N)[C@H]1C. The molecule has 0 spiro atoms. The van der Waals surface area contributed by atoms with E-state index in [0.717, 1.165) is 30.4 Å². The monoisotopic (exact) mass is 303 g/mol. The van der Waals surface area contributed by atoms with E-state index in [9.17, 15) is 5.11 Å². The molecule has 1 aliphatic carbocycles. The molecule has 1 unspecified atom stereocenters. The van der Waals surface area contributed by atoms with Gasteiger partial charge in [0.15, 0.2) is 0 Å². The van der Waals surface area contributed by atoms with Crippen molar-refractivity contribution < 1.29 is 9.84 Å². The summed E-state index contributed by atoms with van der Waals surface area (Å²) in [6.07, 6.45) is 4.47. The maximum absolute atomic E-state index is 10.6. The van der Waals surface area contributed by atoms with Crippen LogP contribution >= 0.6 is 0 Å². The van der Waals surface area contributed by atoms with Crippen molar-refractivity contribution >= 4 is 0 Å². The summed E-state index contributed by atoms with van der Waals surface area (Å²) >= 11 is 0. The van der Waals surface area contributed by atoms with Crippen LogP contribution in [0.3, 0.4) is 0 Å². The number of hydrogen-bond acceptors (Lipinski definition) is 3. The van der Waals surface area contributed by atoms with Crippen LogP contribution in [0.25, 0.3) is 0 Å². The molecule has 4 atom stereocenters. The Balaban J connectivity index is 2.19. The van der Waals surface area contributed by atoms with Crippen LogP contribution in [0.4, 0.5) is 0 Å². The topological polar surface area (TPSA) is 55.5 Å². The van der Waals surface area contributed by atoms with Crippen LogP contribution in [-0.2, 0) is 4.74 Å². The van der Waals surface area contributed by atoms with E-state index in [2.05, 4.69) is 26.8 Å². The lowest BCUT2D eigenvalue weighted by molar-refractivity contribution is -0.0265. The molecule has 3 nitrogen and oxygen atoms in total. The zero-order valence-electron chi connectivity index (χ0n) is 13.9. The Hall–Kier alpha value is -1.16. The zero-order valence-corrected chi connectivity index (χ0v) is 13.9. The lowest BCUT2D eigenvalue weighted by atomic mass is 9.81. The first-order valence-electron chi connectivity index (χ1n) is 8.41. The molecule has 0 aromatic heterocycles. The predicted octanol–water partition coefficient (Wildman–Crippen LogP) is 3.59. The van der Waals surface area contributed by atoms with E-state index in [0.29, 0.717) is 0 Å². The van der Waals surface area contributed by atoms with Crippen molar-refractivity contribution in [3.63, 3.8) is 0 Å². The molecule has 0 aliphatic heterocycles. The third kappa shape index (κ3) is 3.97. The highest BCUT2D eigenvalue weighted by molar-refractivity contribution is 5.29. The number of hydrogen-bond donors (Lipinski definition) is 2. The molecule has 3 N–H and O–H groups in total. The quantitative estimate of drug-likeness (QED) is 0.790. The Kier molecular flexibility index (Phi) is 6.18. The minimum Gasteiger partial charge on any atom is -0.384 e. The molecule has 1 aromatic carbocycles. The van der Waals surface area contributed by atoms with Gasteiger partial charge in [-0.1, -0.05) is 57.2 Å². The third-order valence-electron chi connectivity index (χ3n) is 4.77. The highest BCUT2D eigenvalue weighted by atomic mass is 16.5. The minimum atomic E-state index is -0.590. The molecule has 0 saturated heterocycles. The average Bonchev–Trinajstić information content (AvgIpc) is 2.56. The number of rotatable bonds is 6. The summed E-state index contributed by atoms with van der Waals surface area (Å²) in [7, 11) is 0. The van der Waals surface area contributed by atoms with Crippen molar-refractivity contribution in [3.8, 4) is 0 Å². The Bertz CT molecular complexity index is 481. The van der Waals surface area contributed by atoms with E-state index in [-0.39, 0.29) is 24.2 Å². The number of ether oxygens (including phenoxy) is 1. The van der Waals surface area contributed by atoms with E-state index in [1.165, 1.54) is 0 Å². The van der Waals surface area contributed by atoms with Crippen molar-refractivity contribution in [3.05, 3.63) is 47.5 Å². The predicted molar refractivity (Wildman–Crippen MR) is 90.5 cm³/mol. The normalized spacial score (nSPS) is 26.8. The number of benzene rings is 1. The van der Waals surface area contributed by atoms with Crippen molar-refractivity contribution in [2.24, 2.45) is 11.7 Å². The van der Waals surface area contributed by atoms with E-state index in [1.54, 1.807) is 0 Å². The summed E-state index contributed by atoms with van der Waals surface area (Å²) in [4.78, 5) is 0. The molecule has 0 bridgehead atoms. The second-order valence-electron chi connectivity index (χ2n) is 6.32. The molecule has 2 rings (SSSR count). The molecule has 0 heterocycles. The number of aliphatic hydroxyl groups is 1. The lowest BCUT2D eigenvalue weighted by Crippen LogP contribution is -2.42. The fourth-order valence-electron chi connectivity index (χ4n) is 3.05. The highest BCUT2D eigenvalue weighted by Crippen LogP contribution is 2.33. The van der Waals surface area contributed by atoms with E-state index in [1.807, 2.05) is 30.3 Å². The molecule has 122 valence electrons. The molecule has 0 radical (unpaired) electrons. The van der Waals surface area contributed by atoms with Crippen LogP contribution in [0, 0.1) is 5.92 Å². The maximum Gasteiger partial charge on any atom is 0.100 e. The highest BCUT2D eigenvalue weighted by Gasteiger charge is 2.32. The largest absolute Gasteiger partial charge is 0.384 e. The molecular weight excluding hydrogens is 274 g/mol. The molecule has 0 amide bonds. The van der Waals surface area contributed by atoms with Gasteiger partial charge in [-0.3, -0.25) is 0 Å². The fourth-order valence-corrected chi connectivity index (χ4v) is 3.05. The summed E-state index contributed by atoms with van der Waals surface area (Å²) in [6.45, 7) is 6.43. The van der Waals surface area contributed by atoms with Crippen LogP contribution in [0.1, 0.15) is 51.7 Å². The number of nitrogens with two attached hydrogens (primary N) is 1. The van der Waals surface area contributed by atoms with Gasteiger partial charge >= 0.3 is 0 Å². The molecule has 22 heavy (non-hydrogen) atoms. The summed E-state index contributed by atoms with van der Waals surface area (Å²) in [5.41, 5.74) is 8.19. The molecule has 0 fully saturated rings. The first-order chi connectivity index (χ1) is 10.6. The van der Waals surface area contributed by atoms with Gasteiger partial charge in [0, 0.05) is 12.0 Å². The van der Waals surface area contributed by atoms with Crippen LogP contribution in [0.2, 0.25) is 0 Å². The molecule has 1 aliphatic rings. The summed E-state index contributed by atoms with van der Waals surface area (Å²) in [5, 5.41) is 10.6. The third-order valence-corrected chi connectivity index (χ3v) is 4.77. The van der Waals surface area contributed by atoms with E-state index < -0.39 is 6.10 Å². The van der Waals surface area contributed by atoms with Crippen LogP contribution in [0.15, 0.2) is 42.0 Å². The summed E-state index contributed by atoms with van der Waals surface area (Å²) < 4.78 is 6.22. The minimum absolute atomic E-state index is 0.0120. The van der Waals surface area contributed by atoms with Gasteiger partial charge in [-0.25, -0.2) is 0 Å². The number of aliphatic hydroxyl groups excluding tert-OH is 1. The van der Waals surface area contributed by atoms with Gasteiger partial charge in [0.25, 0.3) is 0 Å². The van der Waals surface area contributed by atoms with Gasteiger partial charge in [-0.15, -0.1) is 0 Å². The Morgan fingerprint density at radius 1 is 1.23 bits per heavy atom. The van der Waals surface area contributed by atoms with Crippen LogP contribution in [-0.4, -0.2) is 23.4 Å². The fraction of sp³-hybridized carbons (Fsp3) is 0.579. The lowest BCUT2D eigenvalue weighted by Gasteiger charge is -2.36. The van der Waals surface area contributed by atoms with Crippen LogP contribution < -0.4 is 5.73 Å². The van der Waals surface area contributed by atoms with Gasteiger partial charge in [-0.05, 0) is 30.4 Å². The van der Waals surface area contributed by atoms with Crippen molar-refractivity contribution in [1.29, 1.82) is 0 Å². The van der Waals surface area contributed by atoms with Crippen molar-refractivity contribution in [1.82, 2.24) is 0 Å². The first-order valence-corrected chi connectivity index (χ1v) is 8.41. The van der Waals surface area contributed by atoms with Gasteiger partial charge < -0.3 is 15.6 Å². The van der Waals surface area contributed by atoms with E-state index >= 15 is 0 Å². The van der Waals surface area contributed by atoms with Gasteiger partial charge in [0.2, 0.25) is 0 Å². The average molecular weight is 303 g/mol. The van der Waals surface area contributed by atoms with Gasteiger partial charge in [-0.2, -0.15) is 0 Å². The molecule has 3 heteroatoms. The van der Waals surface area contributed by atoms with E-state index in [4.69, 9.17) is 10.5 Å². The molecular formula is C19H29NO2. The van der Waals surface area contributed by atoms with Crippen LogP contribution in [0.5, 0.6) is 0 Å². The van der Waals surface area contributed by atoms with Gasteiger partial charge in [0.05, 0.1) is 12.2 Å². The first kappa shape index (κ1) is 17.2. The maximum atomic E-state index is 10.6. The van der Waals surface area contributed by atoms with Crippen molar-refractivity contribution in [2.75, 3.05) is 0 Å². The van der Waals surface area contributed by atoms with Gasteiger partial charge in [0.1, 0.15) is 6.10 Å². The summed E-state index contributed by atoms with van der Waals surface area (Å²) in [6, 6.07) is 9.78.